The van der Waals surface area contributed by atoms with Gasteiger partial charge in [0, 0.05) is 19.3 Å². The lowest BCUT2D eigenvalue weighted by atomic mass is 10.0. The summed E-state index contributed by atoms with van der Waals surface area (Å²) in [5.41, 5.74) is 3.83. The highest BCUT2D eigenvalue weighted by Gasteiger charge is 2.35. The number of hydrogen-bond acceptors (Lipinski definition) is 8. The molecule has 0 saturated heterocycles. The van der Waals surface area contributed by atoms with Gasteiger partial charge in [-0.3, -0.25) is 9.59 Å². The molecule has 0 spiro atoms. The lowest BCUT2D eigenvalue weighted by molar-refractivity contribution is -0.148. The van der Waals surface area contributed by atoms with Gasteiger partial charge in [-0.2, -0.15) is 10.2 Å². The zero-order chi connectivity index (χ0) is 21.8. The number of methoxy groups -OCH3 is 1. The van der Waals surface area contributed by atoms with Gasteiger partial charge < -0.3 is 13.9 Å². The van der Waals surface area contributed by atoms with Gasteiger partial charge in [-0.25, -0.2) is 15.2 Å². The summed E-state index contributed by atoms with van der Waals surface area (Å²) in [5, 5.41) is 9.42. The summed E-state index contributed by atoms with van der Waals surface area (Å²) in [6, 6.07) is 10.4. The average Bonchev–Trinajstić information content (AvgIpc) is 3.48. The van der Waals surface area contributed by atoms with Crippen LogP contribution in [0.2, 0.25) is 0 Å². The highest BCUT2D eigenvalue weighted by atomic mass is 16.5. The summed E-state index contributed by atoms with van der Waals surface area (Å²) in [6.45, 7) is -0.512. The Labute approximate surface area is 177 Å². The van der Waals surface area contributed by atoms with Crippen molar-refractivity contribution in [3.8, 4) is 5.75 Å². The van der Waals surface area contributed by atoms with E-state index < -0.39 is 24.5 Å². The fourth-order valence-corrected chi connectivity index (χ4v) is 3.30. The van der Waals surface area contributed by atoms with Gasteiger partial charge in [0.15, 0.2) is 6.61 Å². The molecule has 2 amide bonds. The first-order valence-corrected chi connectivity index (χ1v) is 9.65. The molecule has 0 bridgehead atoms. The van der Waals surface area contributed by atoms with Crippen molar-refractivity contribution in [3.63, 3.8) is 0 Å². The first-order valence-electron chi connectivity index (χ1n) is 9.65. The van der Waals surface area contributed by atoms with E-state index in [0.29, 0.717) is 23.6 Å². The number of nitrogens with one attached hydrogen (secondary N) is 1. The summed E-state index contributed by atoms with van der Waals surface area (Å²) < 4.78 is 15.8. The van der Waals surface area contributed by atoms with Crippen molar-refractivity contribution < 1.29 is 28.3 Å². The maximum atomic E-state index is 12.8. The SMILES string of the molecule is COc1ccc(C2=NN(C(=O)COC(=O)C3=NNC(=O)CC3)C(c3ccco3)C2)cc1. The Morgan fingerprint density at radius 3 is 2.68 bits per heavy atom. The molecule has 2 aromatic rings. The molecule has 0 aliphatic carbocycles. The highest BCUT2D eigenvalue weighted by molar-refractivity contribution is 6.37. The third-order valence-corrected chi connectivity index (χ3v) is 4.93. The zero-order valence-electron chi connectivity index (χ0n) is 16.7. The van der Waals surface area contributed by atoms with Crippen molar-refractivity contribution in [3.05, 3.63) is 54.0 Å². The number of nitrogens with zero attached hydrogens (tertiary/aromatic N) is 3. The normalized spacial score (nSPS) is 18.2. The number of furan rings is 1. The molecular weight excluding hydrogens is 404 g/mol. The van der Waals surface area contributed by atoms with E-state index in [1.807, 2.05) is 24.3 Å². The first kappa shape index (κ1) is 20.3. The molecule has 1 aromatic carbocycles. The van der Waals surface area contributed by atoms with Gasteiger partial charge in [0.25, 0.3) is 5.91 Å². The summed E-state index contributed by atoms with van der Waals surface area (Å²) in [6.07, 6.45) is 2.28. The van der Waals surface area contributed by atoms with Crippen LogP contribution < -0.4 is 10.2 Å². The zero-order valence-corrected chi connectivity index (χ0v) is 16.7. The van der Waals surface area contributed by atoms with E-state index in [0.717, 1.165) is 5.56 Å². The third-order valence-electron chi connectivity index (χ3n) is 4.93. The van der Waals surface area contributed by atoms with E-state index >= 15 is 0 Å². The lowest BCUT2D eigenvalue weighted by Crippen LogP contribution is -2.34. The van der Waals surface area contributed by atoms with Crippen LogP contribution in [0.5, 0.6) is 5.75 Å². The van der Waals surface area contributed by atoms with Crippen LogP contribution in [0.1, 0.15) is 36.6 Å². The number of carbonyl (C=O) groups excluding carboxylic acids is 3. The molecule has 1 atom stereocenters. The minimum absolute atomic E-state index is 0.0684. The number of esters is 1. The Morgan fingerprint density at radius 1 is 1.23 bits per heavy atom. The van der Waals surface area contributed by atoms with E-state index in [2.05, 4.69) is 15.6 Å². The summed E-state index contributed by atoms with van der Waals surface area (Å²) in [4.78, 5) is 36.1. The lowest BCUT2D eigenvalue weighted by Gasteiger charge is -2.20. The van der Waals surface area contributed by atoms with Gasteiger partial charge in [-0.1, -0.05) is 0 Å². The van der Waals surface area contributed by atoms with Crippen LogP contribution in [0.15, 0.2) is 57.3 Å². The van der Waals surface area contributed by atoms with Crippen LogP contribution in [0.25, 0.3) is 0 Å². The summed E-state index contributed by atoms with van der Waals surface area (Å²) >= 11 is 0. The molecule has 31 heavy (non-hydrogen) atoms. The quantitative estimate of drug-likeness (QED) is 0.705. The number of rotatable bonds is 6. The molecule has 3 heterocycles. The van der Waals surface area contributed by atoms with Crippen LogP contribution in [0, 0.1) is 0 Å². The van der Waals surface area contributed by atoms with Crippen molar-refractivity contribution in [2.75, 3.05) is 13.7 Å². The second kappa shape index (κ2) is 8.82. The second-order valence-electron chi connectivity index (χ2n) is 6.92. The Balaban J connectivity index is 1.48. The third kappa shape index (κ3) is 4.47. The maximum Gasteiger partial charge on any atom is 0.355 e. The van der Waals surface area contributed by atoms with Gasteiger partial charge in [-0.05, 0) is 42.0 Å². The fourth-order valence-electron chi connectivity index (χ4n) is 3.30. The highest BCUT2D eigenvalue weighted by Crippen LogP contribution is 2.33. The molecule has 0 saturated carbocycles. The number of ether oxygens (including phenoxy) is 2. The standard InChI is InChI=1S/C21H20N4O6/c1-29-14-6-4-13(5-7-14)16-11-17(18-3-2-10-30-18)25(24-16)20(27)12-31-21(28)15-8-9-19(26)23-22-15/h2-7,10,17H,8-9,11-12H2,1H3,(H,23,26). The molecular formula is C21H20N4O6. The smallest absolute Gasteiger partial charge is 0.355 e. The minimum atomic E-state index is -0.749. The number of hydrazone groups is 2. The number of hydrogen-bond donors (Lipinski definition) is 1. The summed E-state index contributed by atoms with van der Waals surface area (Å²) in [5.74, 6) is -0.232. The van der Waals surface area contributed by atoms with Gasteiger partial charge in [-0.15, -0.1) is 0 Å². The Hall–Kier alpha value is -3.95. The van der Waals surface area contributed by atoms with E-state index in [1.165, 1.54) is 11.3 Å². The second-order valence-corrected chi connectivity index (χ2v) is 6.92. The van der Waals surface area contributed by atoms with E-state index in [4.69, 9.17) is 13.9 Å². The predicted molar refractivity (Wildman–Crippen MR) is 108 cm³/mol. The molecule has 0 radical (unpaired) electrons. The molecule has 10 nitrogen and oxygen atoms in total. The molecule has 1 aromatic heterocycles. The maximum absolute atomic E-state index is 12.8. The molecule has 2 aliphatic rings. The largest absolute Gasteiger partial charge is 0.497 e. The number of benzene rings is 1. The molecule has 4 rings (SSSR count). The van der Waals surface area contributed by atoms with Gasteiger partial charge in [0.05, 0.1) is 19.1 Å². The number of carbonyl (C=O) groups is 3. The van der Waals surface area contributed by atoms with Crippen LogP contribution in [0.3, 0.4) is 0 Å². The van der Waals surface area contributed by atoms with E-state index in [1.54, 1.807) is 19.2 Å². The van der Waals surface area contributed by atoms with Gasteiger partial charge in [0.2, 0.25) is 5.91 Å². The van der Waals surface area contributed by atoms with Crippen LogP contribution >= 0.6 is 0 Å². The summed E-state index contributed by atoms with van der Waals surface area (Å²) in [7, 11) is 1.59. The monoisotopic (exact) mass is 424 g/mol. The molecule has 2 aliphatic heterocycles. The van der Waals surface area contributed by atoms with Crippen LogP contribution in [0.4, 0.5) is 0 Å². The number of amides is 2. The molecule has 1 unspecified atom stereocenters. The van der Waals surface area contributed by atoms with Crippen molar-refractivity contribution in [1.82, 2.24) is 10.4 Å². The molecule has 0 fully saturated rings. The van der Waals surface area contributed by atoms with Crippen LogP contribution in [-0.2, 0) is 19.1 Å². The molecule has 1 N–H and O–H groups in total. The van der Waals surface area contributed by atoms with Crippen molar-refractivity contribution in [2.45, 2.75) is 25.3 Å². The first-order chi connectivity index (χ1) is 15.0. The van der Waals surface area contributed by atoms with Crippen molar-refractivity contribution >= 4 is 29.2 Å². The van der Waals surface area contributed by atoms with Gasteiger partial charge in [0.1, 0.15) is 23.3 Å². The van der Waals surface area contributed by atoms with Gasteiger partial charge >= 0.3 is 5.97 Å². The fraction of sp³-hybridized carbons (Fsp3) is 0.286. The van der Waals surface area contributed by atoms with Crippen LogP contribution in [-0.4, -0.2) is 47.9 Å². The van der Waals surface area contributed by atoms with E-state index in [9.17, 15) is 14.4 Å². The average molecular weight is 424 g/mol. The topological polar surface area (TPSA) is 123 Å². The predicted octanol–water partition coefficient (Wildman–Crippen LogP) is 1.78. The Bertz CT molecular complexity index is 1040. The molecule has 160 valence electrons. The molecule has 10 heteroatoms. The Kier molecular flexibility index (Phi) is 5.78. The Morgan fingerprint density at radius 2 is 2.03 bits per heavy atom. The van der Waals surface area contributed by atoms with Crippen molar-refractivity contribution in [1.29, 1.82) is 0 Å². The minimum Gasteiger partial charge on any atom is -0.497 e. The van der Waals surface area contributed by atoms with E-state index in [-0.39, 0.29) is 24.5 Å². The van der Waals surface area contributed by atoms with Crippen molar-refractivity contribution in [2.24, 2.45) is 10.2 Å².